The number of amides is 1. The summed E-state index contributed by atoms with van der Waals surface area (Å²) in [6, 6.07) is 5.22. The van der Waals surface area contributed by atoms with E-state index in [-0.39, 0.29) is 12.3 Å². The third-order valence-corrected chi connectivity index (χ3v) is 4.67. The standard InChI is InChI=1S/C15H13Cl2N5OS/c1-8-11(6-14(23)19-15-20-18-7-24-15)9(2)22(21-8)13-4-3-10(16)5-12(13)17/h3-5,7H,6H2,1-2H3,(H,19,20,23). The maximum Gasteiger partial charge on any atom is 0.230 e. The molecule has 0 aliphatic heterocycles. The van der Waals surface area contributed by atoms with E-state index >= 15 is 0 Å². The molecule has 0 fully saturated rings. The van der Waals surface area contributed by atoms with Gasteiger partial charge in [-0.15, -0.1) is 10.2 Å². The number of carbonyl (C=O) groups excluding carboxylic acids is 1. The van der Waals surface area contributed by atoms with E-state index in [1.807, 2.05) is 13.8 Å². The number of hydrogen-bond donors (Lipinski definition) is 1. The van der Waals surface area contributed by atoms with Crippen LogP contribution < -0.4 is 5.32 Å². The van der Waals surface area contributed by atoms with Crippen molar-refractivity contribution in [1.29, 1.82) is 0 Å². The van der Waals surface area contributed by atoms with Crippen molar-refractivity contribution in [2.45, 2.75) is 20.3 Å². The van der Waals surface area contributed by atoms with Gasteiger partial charge in [0.05, 0.1) is 22.8 Å². The molecule has 3 rings (SSSR count). The molecule has 1 amide bonds. The summed E-state index contributed by atoms with van der Waals surface area (Å²) in [5.74, 6) is -0.167. The molecule has 9 heteroatoms. The van der Waals surface area contributed by atoms with Crippen LogP contribution in [0.1, 0.15) is 17.0 Å². The number of aromatic nitrogens is 4. The lowest BCUT2D eigenvalue weighted by molar-refractivity contribution is -0.115. The summed E-state index contributed by atoms with van der Waals surface area (Å²) in [6.07, 6.45) is 0.197. The van der Waals surface area contributed by atoms with Crippen LogP contribution in [-0.2, 0) is 11.2 Å². The highest BCUT2D eigenvalue weighted by Crippen LogP contribution is 2.27. The van der Waals surface area contributed by atoms with Crippen LogP contribution >= 0.6 is 34.5 Å². The Morgan fingerprint density at radius 3 is 2.79 bits per heavy atom. The summed E-state index contributed by atoms with van der Waals surface area (Å²) >= 11 is 13.5. The Hall–Kier alpha value is -1.96. The Labute approximate surface area is 152 Å². The van der Waals surface area contributed by atoms with E-state index < -0.39 is 0 Å². The summed E-state index contributed by atoms with van der Waals surface area (Å²) in [5.41, 5.74) is 4.75. The lowest BCUT2D eigenvalue weighted by Gasteiger charge is -2.08. The van der Waals surface area contributed by atoms with E-state index in [1.54, 1.807) is 28.4 Å². The minimum absolute atomic E-state index is 0.167. The van der Waals surface area contributed by atoms with E-state index in [9.17, 15) is 4.79 Å². The number of benzene rings is 1. The summed E-state index contributed by atoms with van der Waals surface area (Å²) in [6.45, 7) is 3.76. The van der Waals surface area contributed by atoms with Crippen molar-refractivity contribution in [2.75, 3.05) is 5.32 Å². The quantitative estimate of drug-likeness (QED) is 0.745. The van der Waals surface area contributed by atoms with Gasteiger partial charge in [0, 0.05) is 16.3 Å². The van der Waals surface area contributed by atoms with E-state index in [4.69, 9.17) is 23.2 Å². The Kier molecular flexibility index (Phi) is 4.84. The molecule has 0 unspecified atom stereocenters. The molecule has 6 nitrogen and oxygen atoms in total. The lowest BCUT2D eigenvalue weighted by atomic mass is 10.1. The van der Waals surface area contributed by atoms with E-state index in [0.29, 0.717) is 15.2 Å². The van der Waals surface area contributed by atoms with E-state index in [1.165, 1.54) is 11.3 Å². The van der Waals surface area contributed by atoms with Crippen molar-refractivity contribution in [3.8, 4) is 5.69 Å². The minimum Gasteiger partial charge on any atom is -0.300 e. The molecule has 0 saturated heterocycles. The molecule has 0 bridgehead atoms. The summed E-state index contributed by atoms with van der Waals surface area (Å²) in [5, 5.41) is 16.2. The second-order valence-electron chi connectivity index (χ2n) is 5.13. The zero-order chi connectivity index (χ0) is 17.3. The van der Waals surface area contributed by atoms with Crippen molar-refractivity contribution in [1.82, 2.24) is 20.0 Å². The predicted octanol–water partition coefficient (Wildman–Crippen LogP) is 3.83. The van der Waals surface area contributed by atoms with Crippen LogP contribution in [0.4, 0.5) is 5.13 Å². The largest absolute Gasteiger partial charge is 0.300 e. The van der Waals surface area contributed by atoms with E-state index in [0.717, 1.165) is 22.6 Å². The first-order chi connectivity index (χ1) is 11.5. The zero-order valence-electron chi connectivity index (χ0n) is 12.9. The first kappa shape index (κ1) is 16.9. The maximum absolute atomic E-state index is 12.2. The van der Waals surface area contributed by atoms with Gasteiger partial charge < -0.3 is 5.32 Å². The fourth-order valence-corrected chi connectivity index (χ4v) is 3.32. The second-order valence-corrected chi connectivity index (χ2v) is 6.80. The molecule has 1 N–H and O–H groups in total. The number of aryl methyl sites for hydroxylation is 1. The van der Waals surface area contributed by atoms with Crippen LogP contribution in [0.5, 0.6) is 0 Å². The number of anilines is 1. The van der Waals surface area contributed by atoms with Crippen LogP contribution in [0.25, 0.3) is 5.69 Å². The van der Waals surface area contributed by atoms with Gasteiger partial charge in [-0.05, 0) is 32.0 Å². The van der Waals surface area contributed by atoms with Gasteiger partial charge in [-0.25, -0.2) is 4.68 Å². The minimum atomic E-state index is -0.167. The summed E-state index contributed by atoms with van der Waals surface area (Å²) in [4.78, 5) is 12.2. The van der Waals surface area contributed by atoms with Crippen LogP contribution in [0.15, 0.2) is 23.7 Å². The molecule has 124 valence electrons. The fraction of sp³-hybridized carbons (Fsp3) is 0.200. The number of nitrogens with one attached hydrogen (secondary N) is 1. The maximum atomic E-state index is 12.2. The Bertz CT molecular complexity index is 892. The summed E-state index contributed by atoms with van der Waals surface area (Å²) in [7, 11) is 0. The molecule has 0 spiro atoms. The Morgan fingerprint density at radius 2 is 2.12 bits per heavy atom. The van der Waals surface area contributed by atoms with Gasteiger partial charge in [0.1, 0.15) is 5.51 Å². The highest BCUT2D eigenvalue weighted by atomic mass is 35.5. The third-order valence-electron chi connectivity index (χ3n) is 3.52. The first-order valence-electron chi connectivity index (χ1n) is 7.02. The summed E-state index contributed by atoms with van der Waals surface area (Å²) < 4.78 is 1.72. The van der Waals surface area contributed by atoms with E-state index in [2.05, 4.69) is 20.6 Å². The monoisotopic (exact) mass is 381 g/mol. The van der Waals surface area contributed by atoms with Gasteiger partial charge in [-0.1, -0.05) is 34.5 Å². The molecule has 0 saturated carbocycles. The van der Waals surface area contributed by atoms with Crippen LogP contribution in [0.3, 0.4) is 0 Å². The smallest absolute Gasteiger partial charge is 0.230 e. The molecular weight excluding hydrogens is 369 g/mol. The van der Waals surface area contributed by atoms with Gasteiger partial charge in [-0.2, -0.15) is 5.10 Å². The third kappa shape index (κ3) is 3.43. The van der Waals surface area contributed by atoms with Crippen molar-refractivity contribution in [2.24, 2.45) is 0 Å². The average molecular weight is 382 g/mol. The van der Waals surface area contributed by atoms with Gasteiger partial charge >= 0.3 is 0 Å². The van der Waals surface area contributed by atoms with Gasteiger partial charge in [-0.3, -0.25) is 4.79 Å². The molecule has 0 atom stereocenters. The Morgan fingerprint density at radius 1 is 1.33 bits per heavy atom. The number of halogens is 2. The topological polar surface area (TPSA) is 72.7 Å². The lowest BCUT2D eigenvalue weighted by Crippen LogP contribution is -2.15. The highest BCUT2D eigenvalue weighted by molar-refractivity contribution is 7.13. The van der Waals surface area contributed by atoms with Crippen LogP contribution in [-0.4, -0.2) is 25.9 Å². The zero-order valence-corrected chi connectivity index (χ0v) is 15.2. The molecule has 2 aromatic heterocycles. The van der Waals surface area contributed by atoms with Crippen molar-refractivity contribution < 1.29 is 4.79 Å². The number of rotatable bonds is 4. The van der Waals surface area contributed by atoms with Crippen LogP contribution in [0.2, 0.25) is 10.0 Å². The molecule has 24 heavy (non-hydrogen) atoms. The van der Waals surface area contributed by atoms with Gasteiger partial charge in [0.2, 0.25) is 11.0 Å². The Balaban J connectivity index is 1.88. The van der Waals surface area contributed by atoms with Crippen molar-refractivity contribution in [3.05, 3.63) is 50.7 Å². The molecule has 3 aromatic rings. The van der Waals surface area contributed by atoms with Crippen molar-refractivity contribution in [3.63, 3.8) is 0 Å². The number of carbonyl (C=O) groups is 1. The second kappa shape index (κ2) is 6.88. The number of nitrogens with zero attached hydrogens (tertiary/aromatic N) is 4. The van der Waals surface area contributed by atoms with Crippen molar-refractivity contribution >= 4 is 45.6 Å². The van der Waals surface area contributed by atoms with Gasteiger partial charge in [0.15, 0.2) is 0 Å². The predicted molar refractivity (Wildman–Crippen MR) is 95.3 cm³/mol. The highest BCUT2D eigenvalue weighted by Gasteiger charge is 2.18. The molecule has 0 aliphatic rings. The van der Waals surface area contributed by atoms with Crippen LogP contribution in [0, 0.1) is 13.8 Å². The first-order valence-corrected chi connectivity index (χ1v) is 8.66. The van der Waals surface area contributed by atoms with Gasteiger partial charge in [0.25, 0.3) is 0 Å². The molecular formula is C15H13Cl2N5OS. The molecule has 0 aliphatic carbocycles. The fourth-order valence-electron chi connectivity index (χ4n) is 2.37. The molecule has 2 heterocycles. The normalized spacial score (nSPS) is 10.8. The SMILES string of the molecule is Cc1nn(-c2ccc(Cl)cc2Cl)c(C)c1CC(=O)Nc1nncs1. The molecule has 1 aromatic carbocycles. The average Bonchev–Trinajstić information content (AvgIpc) is 3.11. The molecule has 0 radical (unpaired) electrons. The number of hydrogen-bond acceptors (Lipinski definition) is 5.